The summed E-state index contributed by atoms with van der Waals surface area (Å²) < 4.78 is 7.72. The number of hydrogen-bond donors (Lipinski definition) is 0. The molecule has 0 radical (unpaired) electrons. The van der Waals surface area contributed by atoms with E-state index in [-0.39, 0.29) is 11.5 Å². The van der Waals surface area contributed by atoms with Crippen molar-refractivity contribution < 1.29 is 9.53 Å². The van der Waals surface area contributed by atoms with Crippen LogP contribution in [0.1, 0.15) is 27.9 Å². The summed E-state index contributed by atoms with van der Waals surface area (Å²) in [4.78, 5) is 14.9. The first-order valence-electron chi connectivity index (χ1n) is 8.45. The number of carbonyl (C=O) groups excluding carboxylic acids is 1. The van der Waals surface area contributed by atoms with E-state index in [1.807, 2.05) is 11.0 Å². The number of rotatable bonds is 1. The number of fused-ring (bicyclic) bond motifs is 3. The Morgan fingerprint density at radius 1 is 1.20 bits per heavy atom. The van der Waals surface area contributed by atoms with Crippen LogP contribution in [0.15, 0.2) is 42.6 Å². The molecular formula is C18H17N5O2. The lowest BCUT2D eigenvalue weighted by Gasteiger charge is -2.41. The summed E-state index contributed by atoms with van der Waals surface area (Å²) in [5.41, 5.74) is 3.39. The van der Waals surface area contributed by atoms with Gasteiger partial charge in [-0.05, 0) is 46.5 Å². The first-order valence-corrected chi connectivity index (χ1v) is 8.45. The Hall–Kier alpha value is -2.80. The third-order valence-electron chi connectivity index (χ3n) is 5.22. The molecule has 2 aliphatic rings. The largest absolute Gasteiger partial charge is 0.367 e. The van der Waals surface area contributed by atoms with Gasteiger partial charge in [-0.15, -0.1) is 5.10 Å². The predicted octanol–water partition coefficient (Wildman–Crippen LogP) is 1.44. The molecule has 5 rings (SSSR count). The third kappa shape index (κ3) is 2.23. The lowest BCUT2D eigenvalue weighted by molar-refractivity contribution is -0.103. The summed E-state index contributed by atoms with van der Waals surface area (Å²) in [7, 11) is 0. The van der Waals surface area contributed by atoms with Crippen molar-refractivity contribution in [1.82, 2.24) is 24.9 Å². The highest BCUT2D eigenvalue weighted by atomic mass is 16.5. The molecule has 1 unspecified atom stereocenters. The van der Waals surface area contributed by atoms with Crippen molar-refractivity contribution in [2.75, 3.05) is 19.7 Å². The van der Waals surface area contributed by atoms with Crippen molar-refractivity contribution in [3.63, 3.8) is 0 Å². The van der Waals surface area contributed by atoms with Gasteiger partial charge in [-0.1, -0.05) is 24.3 Å². The van der Waals surface area contributed by atoms with Crippen LogP contribution < -0.4 is 0 Å². The van der Waals surface area contributed by atoms with Gasteiger partial charge in [0.25, 0.3) is 5.91 Å². The van der Waals surface area contributed by atoms with Crippen molar-refractivity contribution in [3.8, 4) is 0 Å². The molecule has 3 aromatic rings. The molecule has 0 N–H and O–H groups in total. The molecule has 3 heterocycles. The number of morpholine rings is 1. The molecule has 0 saturated carbocycles. The second-order valence-corrected chi connectivity index (χ2v) is 6.63. The van der Waals surface area contributed by atoms with Crippen molar-refractivity contribution in [2.24, 2.45) is 0 Å². The first-order chi connectivity index (χ1) is 12.3. The summed E-state index contributed by atoms with van der Waals surface area (Å²) in [6.07, 6.45) is 3.60. The zero-order valence-electron chi connectivity index (χ0n) is 13.6. The van der Waals surface area contributed by atoms with Gasteiger partial charge in [0.15, 0.2) is 5.65 Å². The minimum Gasteiger partial charge on any atom is -0.367 e. The Kier molecular flexibility index (Phi) is 3.11. The maximum absolute atomic E-state index is 13.0. The fraction of sp³-hybridized carbons (Fsp3) is 0.333. The monoisotopic (exact) mass is 335 g/mol. The van der Waals surface area contributed by atoms with Crippen molar-refractivity contribution >= 4 is 11.6 Å². The number of carbonyl (C=O) groups is 1. The smallest absolute Gasteiger partial charge is 0.255 e. The molecule has 1 saturated heterocycles. The second kappa shape index (κ2) is 5.35. The highest BCUT2D eigenvalue weighted by molar-refractivity contribution is 5.94. The van der Waals surface area contributed by atoms with Gasteiger partial charge < -0.3 is 9.64 Å². The van der Waals surface area contributed by atoms with Crippen LogP contribution in [0.5, 0.6) is 0 Å². The van der Waals surface area contributed by atoms with Crippen LogP contribution in [0.25, 0.3) is 5.65 Å². The topological polar surface area (TPSA) is 72.6 Å². The fourth-order valence-corrected chi connectivity index (χ4v) is 3.98. The molecular weight excluding hydrogens is 318 g/mol. The molecule has 1 fully saturated rings. The number of amides is 1. The molecule has 1 atom stereocenters. The molecule has 1 amide bonds. The quantitative estimate of drug-likeness (QED) is 0.673. The van der Waals surface area contributed by atoms with Crippen LogP contribution in [0.2, 0.25) is 0 Å². The molecule has 0 bridgehead atoms. The number of nitrogens with zero attached hydrogens (tertiary/aromatic N) is 5. The summed E-state index contributed by atoms with van der Waals surface area (Å²) in [5, 5.41) is 11.4. The van der Waals surface area contributed by atoms with Crippen molar-refractivity contribution in [3.05, 3.63) is 59.3 Å². The van der Waals surface area contributed by atoms with Gasteiger partial charge in [-0.2, -0.15) is 4.52 Å². The summed E-state index contributed by atoms with van der Waals surface area (Å²) in [6.45, 7) is 1.72. The molecule has 126 valence electrons. The van der Waals surface area contributed by atoms with E-state index in [9.17, 15) is 4.79 Å². The van der Waals surface area contributed by atoms with Gasteiger partial charge >= 0.3 is 0 Å². The summed E-state index contributed by atoms with van der Waals surface area (Å²) in [6, 6.07) is 11.9. The van der Waals surface area contributed by atoms with E-state index in [4.69, 9.17) is 4.74 Å². The molecule has 1 aliphatic heterocycles. The van der Waals surface area contributed by atoms with Gasteiger partial charge in [0.05, 0.1) is 18.7 Å². The van der Waals surface area contributed by atoms with Crippen LogP contribution in [0.3, 0.4) is 0 Å². The number of tetrazole rings is 1. The van der Waals surface area contributed by atoms with Crippen LogP contribution in [-0.2, 0) is 16.8 Å². The summed E-state index contributed by atoms with van der Waals surface area (Å²) >= 11 is 0. The molecule has 1 aliphatic carbocycles. The van der Waals surface area contributed by atoms with E-state index >= 15 is 0 Å². The minimum atomic E-state index is -0.372. The first kappa shape index (κ1) is 14.5. The number of hydrogen-bond acceptors (Lipinski definition) is 5. The van der Waals surface area contributed by atoms with Crippen LogP contribution in [-0.4, -0.2) is 50.5 Å². The number of aromatic nitrogens is 4. The molecule has 1 spiro atoms. The number of pyridine rings is 1. The van der Waals surface area contributed by atoms with Gasteiger partial charge in [0, 0.05) is 12.7 Å². The Bertz CT molecular complexity index is 965. The Morgan fingerprint density at radius 3 is 3.08 bits per heavy atom. The van der Waals surface area contributed by atoms with E-state index in [0.29, 0.717) is 30.9 Å². The lowest BCUT2D eigenvalue weighted by Crippen LogP contribution is -2.51. The highest BCUT2D eigenvalue weighted by Crippen LogP contribution is 2.42. The van der Waals surface area contributed by atoms with Gasteiger partial charge in [0.2, 0.25) is 0 Å². The van der Waals surface area contributed by atoms with Gasteiger partial charge in [-0.25, -0.2) is 0 Å². The van der Waals surface area contributed by atoms with Crippen LogP contribution >= 0.6 is 0 Å². The van der Waals surface area contributed by atoms with Gasteiger partial charge in [-0.3, -0.25) is 4.79 Å². The maximum atomic E-state index is 13.0. The second-order valence-electron chi connectivity index (χ2n) is 6.63. The predicted molar refractivity (Wildman–Crippen MR) is 89.1 cm³/mol. The normalized spacial score (nSPS) is 22.5. The van der Waals surface area contributed by atoms with Gasteiger partial charge in [0.1, 0.15) is 5.60 Å². The lowest BCUT2D eigenvalue weighted by atomic mass is 9.93. The Morgan fingerprint density at radius 2 is 2.12 bits per heavy atom. The van der Waals surface area contributed by atoms with E-state index in [0.717, 1.165) is 12.8 Å². The van der Waals surface area contributed by atoms with Crippen LogP contribution in [0.4, 0.5) is 0 Å². The molecule has 1 aromatic carbocycles. The SMILES string of the molecule is O=C(c1ccc2nnnn2c1)N1CCOC2(CCc3ccccc32)C1. The number of benzene rings is 1. The molecule has 7 nitrogen and oxygen atoms in total. The standard InChI is InChI=1S/C18H17N5O2/c24-17(14-5-6-16-19-20-21-23(16)11-14)22-9-10-25-18(12-22)8-7-13-3-1-2-4-15(13)18/h1-6,11H,7-10,12H2. The molecule has 7 heteroatoms. The van der Waals surface area contributed by atoms with Crippen LogP contribution in [0, 0.1) is 0 Å². The number of ether oxygens (including phenoxy) is 1. The average Bonchev–Trinajstić information content (AvgIpc) is 3.26. The minimum absolute atomic E-state index is 0.00976. The van der Waals surface area contributed by atoms with Crippen molar-refractivity contribution in [1.29, 1.82) is 0 Å². The maximum Gasteiger partial charge on any atom is 0.255 e. The van der Waals surface area contributed by atoms with E-state index in [2.05, 4.69) is 33.7 Å². The zero-order valence-corrected chi connectivity index (χ0v) is 13.6. The van der Waals surface area contributed by atoms with E-state index < -0.39 is 0 Å². The Labute approximate surface area is 144 Å². The third-order valence-corrected chi connectivity index (χ3v) is 5.22. The molecule has 2 aromatic heterocycles. The fourth-order valence-electron chi connectivity index (χ4n) is 3.98. The average molecular weight is 335 g/mol. The highest BCUT2D eigenvalue weighted by Gasteiger charge is 2.44. The summed E-state index contributed by atoms with van der Waals surface area (Å²) in [5.74, 6) is -0.00976. The molecule has 25 heavy (non-hydrogen) atoms. The van der Waals surface area contributed by atoms with Crippen molar-refractivity contribution in [2.45, 2.75) is 18.4 Å². The zero-order chi connectivity index (χ0) is 16.9. The van der Waals surface area contributed by atoms with E-state index in [1.165, 1.54) is 15.6 Å². The Balaban J connectivity index is 1.46. The number of aryl methyl sites for hydroxylation is 1. The van der Waals surface area contributed by atoms with E-state index in [1.54, 1.807) is 18.3 Å².